The van der Waals surface area contributed by atoms with Crippen molar-refractivity contribution in [3.8, 4) is 11.1 Å². The molecule has 0 unspecified atom stereocenters. The van der Waals surface area contributed by atoms with Crippen LogP contribution in [0.3, 0.4) is 0 Å². The van der Waals surface area contributed by atoms with Crippen LogP contribution in [-0.2, 0) is 0 Å². The molecule has 0 atom stereocenters. The average Bonchev–Trinajstić information content (AvgIpc) is 2.89. The van der Waals surface area contributed by atoms with Gasteiger partial charge in [0, 0.05) is 29.1 Å². The van der Waals surface area contributed by atoms with Gasteiger partial charge in [0.25, 0.3) is 5.91 Å². The Hall–Kier alpha value is -1.52. The molecule has 1 aromatic carbocycles. The molecule has 0 spiro atoms. The van der Waals surface area contributed by atoms with Gasteiger partial charge in [0.2, 0.25) is 0 Å². The SMILES string of the molecule is CCCN(CCC)C(=O)c1c(-c2ccc(Cl)cc2)csc1N. The molecule has 0 aliphatic rings. The highest BCUT2D eigenvalue weighted by Crippen LogP contribution is 2.35. The fraction of sp³-hybridized carbons (Fsp3) is 0.353. The minimum absolute atomic E-state index is 0.0207. The quantitative estimate of drug-likeness (QED) is 0.814. The van der Waals surface area contributed by atoms with Gasteiger partial charge in [-0.25, -0.2) is 0 Å². The van der Waals surface area contributed by atoms with Crippen molar-refractivity contribution >= 4 is 33.8 Å². The zero-order chi connectivity index (χ0) is 16.1. The molecule has 22 heavy (non-hydrogen) atoms. The molecule has 1 amide bonds. The van der Waals surface area contributed by atoms with Gasteiger partial charge >= 0.3 is 0 Å². The normalized spacial score (nSPS) is 10.7. The summed E-state index contributed by atoms with van der Waals surface area (Å²) < 4.78 is 0. The van der Waals surface area contributed by atoms with Crippen molar-refractivity contribution in [3.63, 3.8) is 0 Å². The van der Waals surface area contributed by atoms with Gasteiger partial charge in [0.1, 0.15) is 0 Å². The Balaban J connectivity index is 2.40. The molecule has 5 heteroatoms. The van der Waals surface area contributed by atoms with E-state index in [0.717, 1.165) is 37.1 Å². The van der Waals surface area contributed by atoms with Crippen LogP contribution in [0.2, 0.25) is 5.02 Å². The molecule has 2 aromatic rings. The third-order valence-corrected chi connectivity index (χ3v) is 4.53. The summed E-state index contributed by atoms with van der Waals surface area (Å²) in [6, 6.07) is 7.50. The van der Waals surface area contributed by atoms with Crippen LogP contribution >= 0.6 is 22.9 Å². The monoisotopic (exact) mass is 336 g/mol. The molecule has 0 fully saturated rings. The maximum atomic E-state index is 12.9. The van der Waals surface area contributed by atoms with Crippen molar-refractivity contribution in [3.05, 3.63) is 40.2 Å². The van der Waals surface area contributed by atoms with Gasteiger partial charge in [-0.3, -0.25) is 4.79 Å². The number of amides is 1. The largest absolute Gasteiger partial charge is 0.390 e. The first-order valence-electron chi connectivity index (χ1n) is 7.50. The van der Waals surface area contributed by atoms with Crippen LogP contribution in [-0.4, -0.2) is 23.9 Å². The summed E-state index contributed by atoms with van der Waals surface area (Å²) >= 11 is 7.35. The zero-order valence-electron chi connectivity index (χ0n) is 12.9. The fourth-order valence-electron chi connectivity index (χ4n) is 2.45. The van der Waals surface area contributed by atoms with Gasteiger partial charge in [-0.15, -0.1) is 11.3 Å². The van der Waals surface area contributed by atoms with Crippen LogP contribution < -0.4 is 5.73 Å². The van der Waals surface area contributed by atoms with Crippen LogP contribution in [0.15, 0.2) is 29.6 Å². The zero-order valence-corrected chi connectivity index (χ0v) is 14.5. The smallest absolute Gasteiger partial charge is 0.257 e. The summed E-state index contributed by atoms with van der Waals surface area (Å²) in [5.74, 6) is 0.0207. The van der Waals surface area contributed by atoms with Crippen LogP contribution in [0.5, 0.6) is 0 Å². The summed E-state index contributed by atoms with van der Waals surface area (Å²) in [7, 11) is 0. The number of carbonyl (C=O) groups is 1. The highest BCUT2D eigenvalue weighted by Gasteiger charge is 2.23. The van der Waals surface area contributed by atoms with Gasteiger partial charge in [-0.2, -0.15) is 0 Å². The highest BCUT2D eigenvalue weighted by molar-refractivity contribution is 7.15. The van der Waals surface area contributed by atoms with Crippen molar-refractivity contribution in [1.29, 1.82) is 0 Å². The lowest BCUT2D eigenvalue weighted by Crippen LogP contribution is -2.33. The van der Waals surface area contributed by atoms with E-state index in [-0.39, 0.29) is 5.91 Å². The second-order valence-electron chi connectivity index (χ2n) is 5.19. The minimum Gasteiger partial charge on any atom is -0.390 e. The summed E-state index contributed by atoms with van der Waals surface area (Å²) in [5.41, 5.74) is 8.56. The van der Waals surface area contributed by atoms with E-state index < -0.39 is 0 Å². The Morgan fingerprint density at radius 3 is 2.32 bits per heavy atom. The molecule has 2 rings (SSSR count). The number of benzene rings is 1. The summed E-state index contributed by atoms with van der Waals surface area (Å²) in [6.07, 6.45) is 1.87. The Kier molecular flexibility index (Phi) is 5.86. The molecule has 0 radical (unpaired) electrons. The number of halogens is 1. The van der Waals surface area contributed by atoms with Crippen molar-refractivity contribution in [2.75, 3.05) is 18.8 Å². The lowest BCUT2D eigenvalue weighted by atomic mass is 10.0. The van der Waals surface area contributed by atoms with Crippen molar-refractivity contribution in [1.82, 2.24) is 4.90 Å². The van der Waals surface area contributed by atoms with Crippen LogP contribution in [0.4, 0.5) is 5.00 Å². The number of carbonyl (C=O) groups excluding carboxylic acids is 1. The summed E-state index contributed by atoms with van der Waals surface area (Å²) in [6.45, 7) is 5.66. The van der Waals surface area contributed by atoms with Gasteiger partial charge in [-0.05, 0) is 30.5 Å². The lowest BCUT2D eigenvalue weighted by Gasteiger charge is -2.22. The number of nitrogens with zero attached hydrogens (tertiary/aromatic N) is 1. The van der Waals surface area contributed by atoms with E-state index in [1.807, 2.05) is 34.5 Å². The Morgan fingerprint density at radius 2 is 1.77 bits per heavy atom. The highest BCUT2D eigenvalue weighted by atomic mass is 35.5. The van der Waals surface area contributed by atoms with Gasteiger partial charge < -0.3 is 10.6 Å². The first-order valence-corrected chi connectivity index (χ1v) is 8.76. The Bertz CT molecular complexity index is 631. The van der Waals surface area contributed by atoms with Crippen molar-refractivity contribution in [2.24, 2.45) is 0 Å². The standard InChI is InChI=1S/C17H21ClN2OS/c1-3-9-20(10-4-2)17(21)15-14(11-22-16(15)19)12-5-7-13(18)8-6-12/h5-8,11H,3-4,9-10,19H2,1-2H3. The number of thiophene rings is 1. The predicted octanol–water partition coefficient (Wildman–Crippen LogP) is 4.91. The van der Waals surface area contributed by atoms with Crippen LogP contribution in [0, 0.1) is 0 Å². The van der Waals surface area contributed by atoms with Gasteiger partial charge in [0.15, 0.2) is 0 Å². The van der Waals surface area contributed by atoms with Gasteiger partial charge in [0.05, 0.1) is 10.6 Å². The van der Waals surface area contributed by atoms with Crippen LogP contribution in [0.1, 0.15) is 37.0 Å². The van der Waals surface area contributed by atoms with Crippen molar-refractivity contribution in [2.45, 2.75) is 26.7 Å². The second-order valence-corrected chi connectivity index (χ2v) is 6.54. The Labute approximate surface area is 140 Å². The predicted molar refractivity (Wildman–Crippen MR) is 95.7 cm³/mol. The van der Waals surface area contributed by atoms with Crippen LogP contribution in [0.25, 0.3) is 11.1 Å². The van der Waals surface area contributed by atoms with E-state index in [0.29, 0.717) is 15.6 Å². The first-order chi connectivity index (χ1) is 10.6. The molecule has 118 valence electrons. The molecule has 0 bridgehead atoms. The molecular weight excluding hydrogens is 316 g/mol. The maximum Gasteiger partial charge on any atom is 0.257 e. The van der Waals surface area contributed by atoms with E-state index in [2.05, 4.69) is 13.8 Å². The maximum absolute atomic E-state index is 12.9. The number of rotatable bonds is 6. The number of nitrogens with two attached hydrogens (primary N) is 1. The molecule has 2 N–H and O–H groups in total. The number of hydrogen-bond donors (Lipinski definition) is 1. The summed E-state index contributed by atoms with van der Waals surface area (Å²) in [5, 5.41) is 3.20. The second kappa shape index (κ2) is 7.65. The lowest BCUT2D eigenvalue weighted by molar-refractivity contribution is 0.0758. The molecule has 0 saturated heterocycles. The molecule has 0 aliphatic carbocycles. The number of hydrogen-bond acceptors (Lipinski definition) is 3. The third kappa shape index (κ3) is 3.62. The topological polar surface area (TPSA) is 46.3 Å². The van der Waals surface area contributed by atoms with Crippen molar-refractivity contribution < 1.29 is 4.79 Å². The molecule has 0 aliphatic heterocycles. The third-order valence-electron chi connectivity index (χ3n) is 3.46. The average molecular weight is 337 g/mol. The minimum atomic E-state index is 0.0207. The van der Waals surface area contributed by atoms with Gasteiger partial charge in [-0.1, -0.05) is 37.6 Å². The molecule has 0 saturated carbocycles. The molecule has 1 heterocycles. The number of anilines is 1. The van der Waals surface area contributed by atoms with E-state index in [1.165, 1.54) is 11.3 Å². The van der Waals surface area contributed by atoms with E-state index >= 15 is 0 Å². The molecular formula is C17H21ClN2OS. The molecule has 1 aromatic heterocycles. The fourth-order valence-corrected chi connectivity index (χ4v) is 3.39. The number of nitrogen functional groups attached to an aromatic ring is 1. The summed E-state index contributed by atoms with van der Waals surface area (Å²) in [4.78, 5) is 14.8. The Morgan fingerprint density at radius 1 is 1.18 bits per heavy atom. The van der Waals surface area contributed by atoms with E-state index in [4.69, 9.17) is 17.3 Å². The van der Waals surface area contributed by atoms with E-state index in [1.54, 1.807) is 0 Å². The van der Waals surface area contributed by atoms with E-state index in [9.17, 15) is 4.79 Å². The first kappa shape index (κ1) is 16.8. The molecule has 3 nitrogen and oxygen atoms in total.